The highest BCUT2D eigenvalue weighted by atomic mass is 35.5. The van der Waals surface area contributed by atoms with Crippen LogP contribution in [0.5, 0.6) is 11.5 Å². The molecule has 2 aliphatic rings. The van der Waals surface area contributed by atoms with Crippen molar-refractivity contribution in [3.05, 3.63) is 57.6 Å². The summed E-state index contributed by atoms with van der Waals surface area (Å²) in [5, 5.41) is 21.3. The number of carbonyl (C=O) groups excluding carboxylic acids is 1. The summed E-state index contributed by atoms with van der Waals surface area (Å²) in [4.78, 5) is 17.7. The molecule has 2 aliphatic heterocycles. The average molecular weight is 431 g/mol. The number of fused-ring (bicyclic) bond motifs is 2. The van der Waals surface area contributed by atoms with Crippen LogP contribution in [0.4, 0.5) is 0 Å². The van der Waals surface area contributed by atoms with E-state index in [-0.39, 0.29) is 22.4 Å². The lowest BCUT2D eigenvalue weighted by Crippen LogP contribution is -2.50. The maximum Gasteiger partial charge on any atom is 0.276 e. The molecule has 150 valence electrons. The number of nitrogens with zero attached hydrogens (tertiary/aromatic N) is 3. The van der Waals surface area contributed by atoms with Gasteiger partial charge in [0, 0.05) is 10.8 Å². The number of hydrazone groups is 1. The van der Waals surface area contributed by atoms with Gasteiger partial charge >= 0.3 is 0 Å². The molecule has 0 radical (unpaired) electrons. The fourth-order valence-corrected chi connectivity index (χ4v) is 4.06. The molecular weight excluding hydrogens is 412 g/mol. The van der Waals surface area contributed by atoms with Gasteiger partial charge in [-0.3, -0.25) is 15.1 Å². The van der Waals surface area contributed by atoms with E-state index in [0.717, 1.165) is 5.75 Å². The van der Waals surface area contributed by atoms with E-state index in [1.54, 1.807) is 17.1 Å². The van der Waals surface area contributed by atoms with Gasteiger partial charge in [0.25, 0.3) is 5.91 Å². The van der Waals surface area contributed by atoms with Crippen LogP contribution in [0.3, 0.4) is 0 Å². The van der Waals surface area contributed by atoms with Crippen molar-refractivity contribution in [2.75, 3.05) is 12.4 Å². The molecule has 2 aromatic rings. The highest BCUT2D eigenvalue weighted by molar-refractivity contribution is 8.13. The molecule has 2 heterocycles. The van der Waals surface area contributed by atoms with E-state index < -0.39 is 6.17 Å². The molecule has 0 aliphatic carbocycles. The molecule has 29 heavy (non-hydrogen) atoms. The Balaban J connectivity index is 1.93. The minimum Gasteiger partial charge on any atom is -0.503 e. The molecule has 1 atom stereocenters. The Labute approximate surface area is 176 Å². The van der Waals surface area contributed by atoms with Crippen LogP contribution in [-0.4, -0.2) is 33.6 Å². The smallest absolute Gasteiger partial charge is 0.276 e. The lowest BCUT2D eigenvalue weighted by atomic mass is 10.1. The minimum absolute atomic E-state index is 0.125. The van der Waals surface area contributed by atoms with Crippen molar-refractivity contribution in [1.29, 1.82) is 0 Å². The molecule has 0 aromatic heterocycles. The number of aromatic hydroxyl groups is 1. The van der Waals surface area contributed by atoms with Gasteiger partial charge in [0.1, 0.15) is 5.70 Å². The Morgan fingerprint density at radius 1 is 1.31 bits per heavy atom. The van der Waals surface area contributed by atoms with E-state index in [9.17, 15) is 9.90 Å². The second-order valence-corrected chi connectivity index (χ2v) is 7.95. The first kappa shape index (κ1) is 19.6. The lowest BCUT2D eigenvalue weighted by molar-refractivity contribution is -0.116. The van der Waals surface area contributed by atoms with Crippen LogP contribution >= 0.6 is 23.4 Å². The van der Waals surface area contributed by atoms with Gasteiger partial charge in [0.2, 0.25) is 0 Å². The van der Waals surface area contributed by atoms with Crippen LogP contribution in [0.15, 0.2) is 46.5 Å². The Hall–Kier alpha value is -2.71. The normalized spacial score (nSPS) is 17.7. The van der Waals surface area contributed by atoms with E-state index in [4.69, 9.17) is 21.3 Å². The van der Waals surface area contributed by atoms with Gasteiger partial charge in [0.15, 0.2) is 22.8 Å². The highest BCUT2D eigenvalue weighted by Crippen LogP contribution is 2.40. The summed E-state index contributed by atoms with van der Waals surface area (Å²) in [5.74, 6) is 0.664. The number of thioether (sulfide) groups is 1. The number of hydrogen-bond acceptors (Lipinski definition) is 7. The summed E-state index contributed by atoms with van der Waals surface area (Å²) in [7, 11) is 0. The predicted molar refractivity (Wildman–Crippen MR) is 113 cm³/mol. The van der Waals surface area contributed by atoms with Crippen molar-refractivity contribution in [2.24, 2.45) is 10.1 Å². The predicted octanol–water partition coefficient (Wildman–Crippen LogP) is 2.34. The molecular formula is C20H19ClN4O3S. The second kappa shape index (κ2) is 7.96. The topological polar surface area (TPSA) is 86.5 Å². The van der Waals surface area contributed by atoms with E-state index >= 15 is 0 Å². The molecule has 0 fully saturated rings. The largest absolute Gasteiger partial charge is 0.503 e. The Morgan fingerprint density at radius 2 is 2.10 bits per heavy atom. The monoisotopic (exact) mass is 430 g/mol. The number of benzene rings is 2. The van der Waals surface area contributed by atoms with Crippen molar-refractivity contribution in [3.8, 4) is 11.5 Å². The molecule has 0 saturated carbocycles. The van der Waals surface area contributed by atoms with E-state index in [0.29, 0.717) is 33.6 Å². The number of rotatable bonds is 4. The van der Waals surface area contributed by atoms with Crippen LogP contribution < -0.4 is 20.6 Å². The van der Waals surface area contributed by atoms with Crippen LogP contribution in [-0.2, 0) is 4.79 Å². The fourth-order valence-electron chi connectivity index (χ4n) is 3.25. The zero-order valence-electron chi connectivity index (χ0n) is 15.8. The number of phenolic OH excluding ortho intramolecular Hbond substituents is 1. The van der Waals surface area contributed by atoms with Crippen LogP contribution in [0.1, 0.15) is 25.6 Å². The molecule has 2 N–H and O–H groups in total. The molecule has 2 aromatic carbocycles. The molecule has 4 rings (SSSR count). The first-order valence-corrected chi connectivity index (χ1v) is 10.5. The lowest BCUT2D eigenvalue weighted by Gasteiger charge is -2.34. The third-order valence-corrected chi connectivity index (χ3v) is 5.48. The van der Waals surface area contributed by atoms with E-state index in [1.165, 1.54) is 11.8 Å². The number of hydrogen-bond donors (Lipinski definition) is 2. The number of amidine groups is 1. The molecule has 7 nitrogen and oxygen atoms in total. The van der Waals surface area contributed by atoms with Crippen LogP contribution in [0, 0.1) is 0 Å². The number of ether oxygens (including phenoxy) is 1. The summed E-state index contributed by atoms with van der Waals surface area (Å²) < 4.78 is 5.51. The summed E-state index contributed by atoms with van der Waals surface area (Å²) >= 11 is 7.68. The number of amides is 1. The van der Waals surface area contributed by atoms with E-state index in [1.807, 2.05) is 38.1 Å². The quantitative estimate of drug-likeness (QED) is 0.777. The van der Waals surface area contributed by atoms with Crippen molar-refractivity contribution in [2.45, 2.75) is 20.0 Å². The first-order valence-electron chi connectivity index (χ1n) is 9.17. The van der Waals surface area contributed by atoms with Crippen LogP contribution in [0.2, 0.25) is 5.02 Å². The first-order chi connectivity index (χ1) is 14.0. The highest BCUT2D eigenvalue weighted by Gasteiger charge is 2.35. The number of para-hydroxylation sites is 1. The van der Waals surface area contributed by atoms with Crippen molar-refractivity contribution >= 4 is 40.1 Å². The van der Waals surface area contributed by atoms with Gasteiger partial charge in [-0.15, -0.1) is 5.10 Å². The number of carbonyl (C=O) groups is 1. The summed E-state index contributed by atoms with van der Waals surface area (Å²) in [6.07, 6.45) is -0.629. The third-order valence-electron chi connectivity index (χ3n) is 4.45. The molecule has 0 spiro atoms. The average Bonchev–Trinajstić information content (AvgIpc) is 2.71. The molecule has 1 unspecified atom stereocenters. The third kappa shape index (κ3) is 3.54. The maximum atomic E-state index is 12.9. The number of phenols is 1. The SMILES string of the molecule is CCOc1cc(C2N=c3ccccc3=C3C(=O)NC(SCC)=NN32)cc(Cl)c1O. The van der Waals surface area contributed by atoms with Gasteiger partial charge in [0.05, 0.1) is 17.0 Å². The van der Waals surface area contributed by atoms with Gasteiger partial charge in [-0.2, -0.15) is 0 Å². The van der Waals surface area contributed by atoms with Gasteiger partial charge in [-0.25, -0.2) is 5.01 Å². The van der Waals surface area contributed by atoms with Gasteiger partial charge in [-0.05, 0) is 30.9 Å². The minimum atomic E-state index is -0.629. The van der Waals surface area contributed by atoms with Crippen molar-refractivity contribution < 1.29 is 14.6 Å². The standard InChI is InChI=1S/C20H19ClN4O3S/c1-3-28-15-10-11(9-13(21)17(15)26)18-22-14-8-6-5-7-12(14)16-19(27)23-20(29-4-2)24-25(16)18/h5-10,18,26H,3-4H2,1-2H3,(H,23,24,27). The molecule has 0 saturated heterocycles. The zero-order chi connectivity index (χ0) is 20.5. The number of halogens is 1. The molecule has 1 amide bonds. The summed E-state index contributed by atoms with van der Waals surface area (Å²) in [5.41, 5.74) is 1.07. The van der Waals surface area contributed by atoms with Crippen molar-refractivity contribution in [3.63, 3.8) is 0 Å². The van der Waals surface area contributed by atoms with E-state index in [2.05, 4.69) is 10.4 Å². The summed E-state index contributed by atoms with van der Waals surface area (Å²) in [6.45, 7) is 4.18. The molecule has 0 bridgehead atoms. The van der Waals surface area contributed by atoms with Gasteiger partial charge < -0.3 is 9.84 Å². The molecule has 9 heteroatoms. The van der Waals surface area contributed by atoms with Crippen LogP contribution in [0.25, 0.3) is 5.70 Å². The Kier molecular flexibility index (Phi) is 5.38. The Morgan fingerprint density at radius 3 is 2.86 bits per heavy atom. The summed E-state index contributed by atoms with van der Waals surface area (Å²) in [6, 6.07) is 10.7. The van der Waals surface area contributed by atoms with Gasteiger partial charge in [-0.1, -0.05) is 48.5 Å². The second-order valence-electron chi connectivity index (χ2n) is 6.29. The fraction of sp³-hybridized carbons (Fsp3) is 0.250. The maximum absolute atomic E-state index is 12.9. The van der Waals surface area contributed by atoms with Crippen molar-refractivity contribution in [1.82, 2.24) is 10.3 Å². The Bertz CT molecular complexity index is 1140. The number of nitrogens with one attached hydrogen (secondary N) is 1. The zero-order valence-corrected chi connectivity index (χ0v) is 17.4.